The van der Waals surface area contributed by atoms with Crippen molar-refractivity contribution >= 4 is 16.8 Å². The molecule has 1 amide bonds. The van der Waals surface area contributed by atoms with Crippen LogP contribution in [0.5, 0.6) is 0 Å². The van der Waals surface area contributed by atoms with Gasteiger partial charge in [0, 0.05) is 36.6 Å². The first-order valence-electron chi connectivity index (χ1n) is 10.7. The predicted molar refractivity (Wildman–Crippen MR) is 123 cm³/mol. The molecule has 30 heavy (non-hydrogen) atoms. The largest absolute Gasteiger partial charge is 0.352 e. The van der Waals surface area contributed by atoms with Gasteiger partial charge in [-0.25, -0.2) is 0 Å². The van der Waals surface area contributed by atoms with E-state index in [-0.39, 0.29) is 5.91 Å². The molecular weight excluding hydrogens is 368 g/mol. The molecule has 0 bridgehead atoms. The first-order chi connectivity index (χ1) is 14.7. The fraction of sp³-hybridized carbons (Fsp3) is 0.222. The minimum Gasteiger partial charge on any atom is -0.352 e. The first kappa shape index (κ1) is 20.0. The molecule has 3 heteroatoms. The maximum Gasteiger partial charge on any atom is 0.220 e. The van der Waals surface area contributed by atoms with E-state index in [1.807, 2.05) is 6.07 Å². The monoisotopic (exact) mass is 396 g/mol. The molecule has 4 rings (SSSR count). The van der Waals surface area contributed by atoms with E-state index in [0.29, 0.717) is 13.0 Å². The number of nitrogens with zero attached hydrogens (tertiary/aromatic N) is 1. The number of nitrogens with one attached hydrogen (secondary N) is 1. The smallest absolute Gasteiger partial charge is 0.220 e. The zero-order valence-electron chi connectivity index (χ0n) is 17.5. The minimum absolute atomic E-state index is 0.0921. The van der Waals surface area contributed by atoms with Crippen molar-refractivity contribution in [1.29, 1.82) is 0 Å². The summed E-state index contributed by atoms with van der Waals surface area (Å²) in [6, 6.07) is 27.4. The molecule has 152 valence electrons. The second kappa shape index (κ2) is 9.45. The summed E-state index contributed by atoms with van der Waals surface area (Å²) in [7, 11) is 0. The molecule has 0 spiro atoms. The minimum atomic E-state index is 0.0921. The highest BCUT2D eigenvalue weighted by atomic mass is 16.1. The summed E-state index contributed by atoms with van der Waals surface area (Å²) in [5.41, 5.74) is 6.17. The Kier molecular flexibility index (Phi) is 6.29. The van der Waals surface area contributed by atoms with Crippen molar-refractivity contribution in [3.05, 3.63) is 107 Å². The van der Waals surface area contributed by atoms with Gasteiger partial charge in [0.2, 0.25) is 5.91 Å². The topological polar surface area (TPSA) is 34.0 Å². The lowest BCUT2D eigenvalue weighted by atomic mass is 10.1. The number of aromatic nitrogens is 1. The van der Waals surface area contributed by atoms with E-state index in [1.54, 1.807) is 0 Å². The van der Waals surface area contributed by atoms with Crippen molar-refractivity contribution in [1.82, 2.24) is 9.88 Å². The molecule has 0 saturated carbocycles. The van der Waals surface area contributed by atoms with E-state index in [2.05, 4.69) is 95.8 Å². The normalized spacial score (nSPS) is 11.0. The number of hydrogen-bond donors (Lipinski definition) is 1. The molecule has 0 aliphatic carbocycles. The zero-order valence-corrected chi connectivity index (χ0v) is 17.5. The van der Waals surface area contributed by atoms with Gasteiger partial charge in [0.25, 0.3) is 0 Å². The Morgan fingerprint density at radius 3 is 2.30 bits per heavy atom. The maximum atomic E-state index is 12.4. The predicted octanol–water partition coefficient (Wildman–Crippen LogP) is 5.50. The highest BCUT2D eigenvalue weighted by molar-refractivity contribution is 5.85. The van der Waals surface area contributed by atoms with Gasteiger partial charge in [-0.3, -0.25) is 4.79 Å². The molecule has 1 aromatic heterocycles. The fourth-order valence-electron chi connectivity index (χ4n) is 3.86. The number of rotatable bonds is 8. The molecule has 0 saturated heterocycles. The van der Waals surface area contributed by atoms with Crippen LogP contribution in [0.25, 0.3) is 10.9 Å². The van der Waals surface area contributed by atoms with Gasteiger partial charge < -0.3 is 9.88 Å². The zero-order chi connectivity index (χ0) is 20.8. The Balaban J connectivity index is 1.40. The SMILES string of the molecule is CCc1ccc(CNC(=O)CCc2cn(Cc3ccccc3)c3ccccc23)cc1. The third kappa shape index (κ3) is 4.80. The first-order valence-corrected chi connectivity index (χ1v) is 10.7. The van der Waals surface area contributed by atoms with Crippen LogP contribution in [0.4, 0.5) is 0 Å². The summed E-state index contributed by atoms with van der Waals surface area (Å²) < 4.78 is 2.28. The number of para-hydroxylation sites is 1. The van der Waals surface area contributed by atoms with Crippen molar-refractivity contribution in [2.45, 2.75) is 39.3 Å². The van der Waals surface area contributed by atoms with Gasteiger partial charge in [-0.05, 0) is 41.2 Å². The molecule has 0 fully saturated rings. The molecule has 0 radical (unpaired) electrons. The standard InChI is InChI=1S/C27H28N2O/c1-2-21-12-14-22(15-13-21)18-28-27(30)17-16-24-20-29(19-23-8-4-3-5-9-23)26-11-7-6-10-25(24)26/h3-15,20H,2,16-19H2,1H3,(H,28,30). The molecule has 0 atom stereocenters. The van der Waals surface area contributed by atoms with Crippen molar-refractivity contribution in [2.75, 3.05) is 0 Å². The lowest BCUT2D eigenvalue weighted by Crippen LogP contribution is -2.22. The van der Waals surface area contributed by atoms with Gasteiger partial charge >= 0.3 is 0 Å². The highest BCUT2D eigenvalue weighted by Gasteiger charge is 2.10. The van der Waals surface area contributed by atoms with Crippen molar-refractivity contribution in [3.8, 4) is 0 Å². The number of benzene rings is 3. The second-order valence-electron chi connectivity index (χ2n) is 7.73. The van der Waals surface area contributed by atoms with Gasteiger partial charge in [-0.1, -0.05) is 79.7 Å². The molecule has 1 heterocycles. The average Bonchev–Trinajstić information content (AvgIpc) is 3.15. The van der Waals surface area contributed by atoms with E-state index in [4.69, 9.17) is 0 Å². The second-order valence-corrected chi connectivity index (χ2v) is 7.73. The number of aryl methyl sites for hydroxylation is 2. The quantitative estimate of drug-likeness (QED) is 0.419. The summed E-state index contributed by atoms with van der Waals surface area (Å²) in [5.74, 6) is 0.0921. The van der Waals surface area contributed by atoms with Gasteiger partial charge in [-0.2, -0.15) is 0 Å². The van der Waals surface area contributed by atoms with Crippen LogP contribution in [0.15, 0.2) is 85.1 Å². The van der Waals surface area contributed by atoms with Crippen molar-refractivity contribution < 1.29 is 4.79 Å². The van der Waals surface area contributed by atoms with Crippen LogP contribution in [0.3, 0.4) is 0 Å². The van der Waals surface area contributed by atoms with Crippen molar-refractivity contribution in [2.24, 2.45) is 0 Å². The number of amides is 1. The number of carbonyl (C=O) groups excluding carboxylic acids is 1. The molecule has 0 aliphatic rings. The molecular formula is C27H28N2O. The Hall–Kier alpha value is -3.33. The molecule has 3 nitrogen and oxygen atoms in total. The lowest BCUT2D eigenvalue weighted by Gasteiger charge is -2.06. The van der Waals surface area contributed by atoms with Crippen LogP contribution in [0.1, 0.15) is 35.6 Å². The van der Waals surface area contributed by atoms with Gasteiger partial charge in [0.05, 0.1) is 0 Å². The summed E-state index contributed by atoms with van der Waals surface area (Å²) in [6.07, 6.45) is 4.47. The van der Waals surface area contributed by atoms with E-state index >= 15 is 0 Å². The Bertz CT molecular complexity index is 1110. The van der Waals surface area contributed by atoms with E-state index in [0.717, 1.165) is 24.9 Å². The molecule has 0 unspecified atom stereocenters. The summed E-state index contributed by atoms with van der Waals surface area (Å²) >= 11 is 0. The number of fused-ring (bicyclic) bond motifs is 1. The van der Waals surface area contributed by atoms with Gasteiger partial charge in [0.15, 0.2) is 0 Å². The summed E-state index contributed by atoms with van der Waals surface area (Å²) in [6.45, 7) is 3.56. The highest BCUT2D eigenvalue weighted by Crippen LogP contribution is 2.23. The number of carbonyl (C=O) groups is 1. The van der Waals surface area contributed by atoms with Crippen LogP contribution in [-0.4, -0.2) is 10.5 Å². The van der Waals surface area contributed by atoms with Crippen LogP contribution in [0, 0.1) is 0 Å². The maximum absolute atomic E-state index is 12.4. The van der Waals surface area contributed by atoms with Gasteiger partial charge in [-0.15, -0.1) is 0 Å². The molecule has 4 aromatic rings. The average molecular weight is 397 g/mol. The summed E-state index contributed by atoms with van der Waals surface area (Å²) in [4.78, 5) is 12.4. The summed E-state index contributed by atoms with van der Waals surface area (Å²) in [5, 5.41) is 4.29. The molecule has 3 aromatic carbocycles. The van der Waals surface area contributed by atoms with E-state index < -0.39 is 0 Å². The Morgan fingerprint density at radius 1 is 0.833 bits per heavy atom. The third-order valence-corrected chi connectivity index (χ3v) is 5.61. The molecule has 0 aliphatic heterocycles. The Labute approximate surface area is 178 Å². The number of hydrogen-bond acceptors (Lipinski definition) is 1. The van der Waals surface area contributed by atoms with Gasteiger partial charge in [0.1, 0.15) is 0 Å². The third-order valence-electron chi connectivity index (χ3n) is 5.61. The van der Waals surface area contributed by atoms with E-state index in [1.165, 1.54) is 27.6 Å². The van der Waals surface area contributed by atoms with Crippen LogP contribution < -0.4 is 5.32 Å². The van der Waals surface area contributed by atoms with E-state index in [9.17, 15) is 4.79 Å². The fourth-order valence-corrected chi connectivity index (χ4v) is 3.86. The Morgan fingerprint density at radius 2 is 1.53 bits per heavy atom. The van der Waals surface area contributed by atoms with Crippen LogP contribution in [0.2, 0.25) is 0 Å². The molecule has 1 N–H and O–H groups in total. The van der Waals surface area contributed by atoms with Crippen molar-refractivity contribution in [3.63, 3.8) is 0 Å². The lowest BCUT2D eigenvalue weighted by molar-refractivity contribution is -0.121. The van der Waals surface area contributed by atoms with Crippen LogP contribution >= 0.6 is 0 Å². The van der Waals surface area contributed by atoms with Crippen LogP contribution in [-0.2, 0) is 30.7 Å².